The molecule has 0 bridgehead atoms. The van der Waals surface area contributed by atoms with Crippen LogP contribution in [0.3, 0.4) is 0 Å². The number of allylic oxidation sites excluding steroid dienone is 4. The fourth-order valence-corrected chi connectivity index (χ4v) is 2.40. The third-order valence-corrected chi connectivity index (χ3v) is 3.81. The molecule has 0 aliphatic rings. The van der Waals surface area contributed by atoms with Gasteiger partial charge in [0.2, 0.25) is 0 Å². The Morgan fingerprint density at radius 2 is 1.09 bits per heavy atom. The minimum Gasteiger partial charge on any atom is -0.481 e. The Morgan fingerprint density at radius 1 is 0.682 bits per heavy atom. The number of rotatable bonds is 16. The van der Waals surface area contributed by atoms with Crippen LogP contribution in [0.25, 0.3) is 0 Å². The van der Waals surface area contributed by atoms with E-state index in [9.17, 15) is 4.79 Å². The largest absolute Gasteiger partial charge is 0.481 e. The minimum atomic E-state index is -0.690. The van der Waals surface area contributed by atoms with Crippen LogP contribution in [0.1, 0.15) is 96.8 Å². The van der Waals surface area contributed by atoms with Gasteiger partial charge in [0.25, 0.3) is 0 Å². The second kappa shape index (κ2) is 18.0. The van der Waals surface area contributed by atoms with Crippen molar-refractivity contribution >= 4 is 5.97 Å². The molecule has 0 amide bonds. The van der Waals surface area contributed by atoms with E-state index in [1.807, 2.05) is 0 Å². The first-order chi connectivity index (χ1) is 10.8. The van der Waals surface area contributed by atoms with E-state index in [0.29, 0.717) is 0 Å². The molecule has 0 aromatic carbocycles. The van der Waals surface area contributed by atoms with Gasteiger partial charge in [0.05, 0.1) is 0 Å². The molecule has 0 unspecified atom stereocenters. The predicted molar refractivity (Wildman–Crippen MR) is 96.2 cm³/mol. The molecule has 0 rings (SSSR count). The molecule has 1 N–H and O–H groups in total. The number of hydrogen-bond donors (Lipinski definition) is 1. The van der Waals surface area contributed by atoms with Gasteiger partial charge in [-0.1, -0.05) is 69.8 Å². The Morgan fingerprint density at radius 3 is 1.55 bits per heavy atom. The maximum Gasteiger partial charge on any atom is 0.303 e. The molecule has 0 aromatic heterocycles. The number of carboxylic acid groups (broad SMARTS) is 1. The van der Waals surface area contributed by atoms with E-state index in [2.05, 4.69) is 31.2 Å². The summed E-state index contributed by atoms with van der Waals surface area (Å²) in [6, 6.07) is 0. The fourth-order valence-electron chi connectivity index (χ4n) is 2.40. The van der Waals surface area contributed by atoms with Crippen molar-refractivity contribution in [2.75, 3.05) is 0 Å². The molecule has 2 nitrogen and oxygen atoms in total. The van der Waals surface area contributed by atoms with Gasteiger partial charge < -0.3 is 5.11 Å². The highest BCUT2D eigenvalue weighted by molar-refractivity contribution is 5.66. The molecule has 0 spiro atoms. The van der Waals surface area contributed by atoms with Gasteiger partial charge in [-0.25, -0.2) is 0 Å². The molecule has 0 aliphatic carbocycles. The number of hydrogen-bond acceptors (Lipinski definition) is 1. The van der Waals surface area contributed by atoms with Gasteiger partial charge in [0, 0.05) is 6.42 Å². The van der Waals surface area contributed by atoms with Crippen molar-refractivity contribution in [3.63, 3.8) is 0 Å². The monoisotopic (exact) mass is 308 g/mol. The third-order valence-electron chi connectivity index (χ3n) is 3.81. The summed E-state index contributed by atoms with van der Waals surface area (Å²) < 4.78 is 0. The van der Waals surface area contributed by atoms with Gasteiger partial charge in [-0.3, -0.25) is 4.79 Å². The van der Waals surface area contributed by atoms with Crippen molar-refractivity contribution in [3.05, 3.63) is 24.3 Å². The quantitative estimate of drug-likeness (QED) is 0.255. The van der Waals surface area contributed by atoms with Gasteiger partial charge in [-0.15, -0.1) is 0 Å². The molecular formula is C20H36O2. The second-order valence-corrected chi connectivity index (χ2v) is 6.07. The van der Waals surface area contributed by atoms with Crippen molar-refractivity contribution in [2.45, 2.75) is 96.8 Å². The highest BCUT2D eigenvalue weighted by Crippen LogP contribution is 2.10. The lowest BCUT2D eigenvalue weighted by Gasteiger charge is -1.99. The fraction of sp³-hybridized carbons (Fsp3) is 0.750. The Hall–Kier alpha value is -1.05. The Kier molecular flexibility index (Phi) is 17.1. The average molecular weight is 309 g/mol. The SMILES string of the molecule is CCCC/C=C/CCCCCCCC/C=C\CCCC(=O)O. The molecule has 0 atom stereocenters. The van der Waals surface area contributed by atoms with Crippen molar-refractivity contribution in [1.29, 1.82) is 0 Å². The number of unbranched alkanes of at least 4 members (excludes halogenated alkanes) is 10. The second-order valence-electron chi connectivity index (χ2n) is 6.07. The molecule has 0 saturated carbocycles. The van der Waals surface area contributed by atoms with E-state index >= 15 is 0 Å². The van der Waals surface area contributed by atoms with Crippen molar-refractivity contribution in [3.8, 4) is 0 Å². The van der Waals surface area contributed by atoms with Gasteiger partial charge in [0.1, 0.15) is 0 Å². The molecular weight excluding hydrogens is 272 g/mol. The molecule has 2 heteroatoms. The van der Waals surface area contributed by atoms with E-state index in [1.165, 1.54) is 64.2 Å². The summed E-state index contributed by atoms with van der Waals surface area (Å²) in [6.45, 7) is 2.24. The zero-order valence-electron chi connectivity index (χ0n) is 14.6. The number of carbonyl (C=O) groups is 1. The molecule has 128 valence electrons. The molecule has 0 heterocycles. The third kappa shape index (κ3) is 18.9. The highest BCUT2D eigenvalue weighted by atomic mass is 16.4. The van der Waals surface area contributed by atoms with Gasteiger partial charge in [0.15, 0.2) is 0 Å². The summed E-state index contributed by atoms with van der Waals surface area (Å²) in [5.41, 5.74) is 0. The summed E-state index contributed by atoms with van der Waals surface area (Å²) in [5.74, 6) is -0.690. The standard InChI is InChI=1S/C20H36O2/c1-2-3-4-5-6-7-8-9-10-11-12-13-14-15-16-17-18-19-20(21)22/h5-6,15-16H,2-4,7-14,17-19H2,1H3,(H,21,22)/b6-5+,16-15-. The summed E-state index contributed by atoms with van der Waals surface area (Å²) in [6.07, 6.45) is 25.3. The Balaban J connectivity index is 3.12. The van der Waals surface area contributed by atoms with Gasteiger partial charge in [-0.05, 0) is 44.9 Å². The Labute approximate surface area is 137 Å². The summed E-state index contributed by atoms with van der Waals surface area (Å²) in [5, 5.41) is 8.51. The number of carboxylic acids is 1. The van der Waals surface area contributed by atoms with Gasteiger partial charge in [-0.2, -0.15) is 0 Å². The van der Waals surface area contributed by atoms with E-state index in [0.717, 1.165) is 19.3 Å². The maximum absolute atomic E-state index is 10.3. The highest BCUT2D eigenvalue weighted by Gasteiger charge is 1.93. The average Bonchev–Trinajstić information content (AvgIpc) is 2.50. The zero-order chi connectivity index (χ0) is 16.3. The van der Waals surface area contributed by atoms with E-state index < -0.39 is 5.97 Å². The maximum atomic E-state index is 10.3. The van der Waals surface area contributed by atoms with Crippen LogP contribution < -0.4 is 0 Å². The number of aliphatic carboxylic acids is 1. The zero-order valence-corrected chi connectivity index (χ0v) is 14.6. The smallest absolute Gasteiger partial charge is 0.303 e. The lowest BCUT2D eigenvalue weighted by atomic mass is 10.1. The summed E-state index contributed by atoms with van der Waals surface area (Å²) in [7, 11) is 0. The van der Waals surface area contributed by atoms with Crippen LogP contribution >= 0.6 is 0 Å². The lowest BCUT2D eigenvalue weighted by molar-refractivity contribution is -0.137. The van der Waals surface area contributed by atoms with Gasteiger partial charge >= 0.3 is 5.97 Å². The first-order valence-corrected chi connectivity index (χ1v) is 9.29. The van der Waals surface area contributed by atoms with E-state index in [4.69, 9.17) is 5.11 Å². The van der Waals surface area contributed by atoms with Crippen LogP contribution in [0.5, 0.6) is 0 Å². The predicted octanol–water partition coefficient (Wildman–Crippen LogP) is 6.66. The Bertz CT molecular complexity index is 292. The molecule has 0 radical (unpaired) electrons. The molecule has 22 heavy (non-hydrogen) atoms. The summed E-state index contributed by atoms with van der Waals surface area (Å²) >= 11 is 0. The van der Waals surface area contributed by atoms with Crippen molar-refractivity contribution < 1.29 is 9.90 Å². The van der Waals surface area contributed by atoms with Crippen LogP contribution in [0, 0.1) is 0 Å². The van der Waals surface area contributed by atoms with Crippen LogP contribution in [0.15, 0.2) is 24.3 Å². The lowest BCUT2D eigenvalue weighted by Crippen LogP contribution is -1.92. The topological polar surface area (TPSA) is 37.3 Å². The van der Waals surface area contributed by atoms with Crippen LogP contribution in [0.2, 0.25) is 0 Å². The van der Waals surface area contributed by atoms with Crippen LogP contribution in [-0.4, -0.2) is 11.1 Å². The first kappa shape index (κ1) is 20.9. The van der Waals surface area contributed by atoms with Crippen LogP contribution in [0.4, 0.5) is 0 Å². The molecule has 0 aromatic rings. The minimum absolute atomic E-state index is 0.290. The molecule has 0 saturated heterocycles. The summed E-state index contributed by atoms with van der Waals surface area (Å²) in [4.78, 5) is 10.3. The van der Waals surface area contributed by atoms with Crippen LogP contribution in [-0.2, 0) is 4.79 Å². The molecule has 0 aliphatic heterocycles. The van der Waals surface area contributed by atoms with Crippen molar-refractivity contribution in [2.24, 2.45) is 0 Å². The van der Waals surface area contributed by atoms with E-state index in [1.54, 1.807) is 0 Å². The van der Waals surface area contributed by atoms with E-state index in [-0.39, 0.29) is 6.42 Å². The molecule has 0 fully saturated rings. The van der Waals surface area contributed by atoms with Crippen molar-refractivity contribution in [1.82, 2.24) is 0 Å². The first-order valence-electron chi connectivity index (χ1n) is 9.29. The normalized spacial score (nSPS) is 11.7.